The number of hydrogen-bond donors (Lipinski definition) is 11. The lowest BCUT2D eigenvalue weighted by molar-refractivity contribution is -0.142. The molecule has 24 nitrogen and oxygen atoms in total. The Hall–Kier alpha value is -7.06. The highest BCUT2D eigenvalue weighted by Crippen LogP contribution is 2.21. The second-order valence-corrected chi connectivity index (χ2v) is 19.1. The number of guanidine groups is 1. The van der Waals surface area contributed by atoms with Crippen molar-refractivity contribution in [1.29, 1.82) is 0 Å². The Bertz CT molecular complexity index is 2230. The lowest BCUT2D eigenvalue weighted by Gasteiger charge is -2.31. The van der Waals surface area contributed by atoms with E-state index in [1.807, 2.05) is 0 Å². The van der Waals surface area contributed by atoms with Crippen LogP contribution in [0.4, 0.5) is 13.2 Å². The number of halogens is 3. The van der Waals surface area contributed by atoms with Gasteiger partial charge in [0, 0.05) is 40.0 Å². The summed E-state index contributed by atoms with van der Waals surface area (Å²) in [6, 6.07) is -8.59. The number of aliphatic hydroxyl groups is 1. The third kappa shape index (κ3) is 20.6. The van der Waals surface area contributed by atoms with Gasteiger partial charge < -0.3 is 68.9 Å². The molecule has 0 unspecified atom stereocenters. The standard InChI is InChI=1S/C49H78F3N13O11/c1-10-15-32(42(70)62-40(26(6)11-2)46(74)59-33(16-13-18-56-49(53)54)48(76)65-19-14-17-35(65)44(72)55-12-3)58-47(75)41(27(7)66)63-43(71)34(22-29-20-30(50)38(52)31(51)21-29)60-45(73)39(25(4)5)61-36(68)23-57-37(69)24-64(9)28(8)67/h20-21,25-27,32-35,39-41,66H,10-19,22-24H2,1-9H3,(H,55,72)(H,57,69)(H,58,75)(H,59,74)(H,60,73)(H,61,68)(H,62,70)(H,63,71)(H4,53,54,56)/t26-,27+,32-,33-,34+,35-,39-,40-,41-/m0/s1. The van der Waals surface area contributed by atoms with Crippen molar-refractivity contribution < 1.29 is 66.2 Å². The number of likely N-dealkylation sites (N-methyl/N-ethyl adjacent to an activating group) is 2. The summed E-state index contributed by atoms with van der Waals surface area (Å²) in [5.41, 5.74) is 10.6. The third-order valence-electron chi connectivity index (χ3n) is 12.6. The highest BCUT2D eigenvalue weighted by atomic mass is 19.2. The SMILES string of the molecule is CCC[C@H](NC(=O)[C@@H](NC(=O)[C@@H](Cc1cc(F)c(F)c(F)c1)NC(=O)[C@@H](NC(=O)CNC(=O)CN(C)C(C)=O)C(C)C)[C@@H](C)O)C(=O)N[C@H](C(=O)N[C@@H](CCCN=C(N)N)C(=O)N1CCC[C@H]1C(=O)NCC)[C@@H](C)CC. The summed E-state index contributed by atoms with van der Waals surface area (Å²) in [7, 11) is 1.36. The van der Waals surface area contributed by atoms with E-state index in [-0.39, 0.29) is 62.7 Å². The number of likely N-dealkylation sites (tertiary alicyclic amines) is 1. The van der Waals surface area contributed by atoms with Gasteiger partial charge in [-0.3, -0.25) is 52.9 Å². The minimum atomic E-state index is -1.87. The molecule has 1 aliphatic rings. The fourth-order valence-electron chi connectivity index (χ4n) is 8.00. The highest BCUT2D eigenvalue weighted by molar-refractivity contribution is 5.98. The summed E-state index contributed by atoms with van der Waals surface area (Å²) in [6.07, 6.45) is -0.564. The van der Waals surface area contributed by atoms with Crippen LogP contribution in [0.15, 0.2) is 17.1 Å². The molecule has 0 spiro atoms. The Balaban J connectivity index is 2.42. The van der Waals surface area contributed by atoms with E-state index in [9.17, 15) is 66.2 Å². The molecule has 426 valence electrons. The number of carbonyl (C=O) groups is 10. The molecule has 1 fully saturated rings. The smallest absolute Gasteiger partial charge is 0.245 e. The van der Waals surface area contributed by atoms with Crippen LogP contribution in [0.25, 0.3) is 0 Å². The zero-order valence-corrected chi connectivity index (χ0v) is 44.8. The van der Waals surface area contributed by atoms with Crippen LogP contribution in [0.3, 0.4) is 0 Å². The fourth-order valence-corrected chi connectivity index (χ4v) is 8.00. The van der Waals surface area contributed by atoms with Crippen LogP contribution in [-0.4, -0.2) is 168 Å². The average Bonchev–Trinajstić information content (AvgIpc) is 3.85. The molecule has 76 heavy (non-hydrogen) atoms. The van der Waals surface area contributed by atoms with Gasteiger partial charge in [0.15, 0.2) is 23.4 Å². The summed E-state index contributed by atoms with van der Waals surface area (Å²) in [5.74, 6) is -14.3. The van der Waals surface area contributed by atoms with Crippen molar-refractivity contribution in [3.63, 3.8) is 0 Å². The van der Waals surface area contributed by atoms with Gasteiger partial charge in [-0.15, -0.1) is 0 Å². The van der Waals surface area contributed by atoms with Crippen LogP contribution in [0.2, 0.25) is 0 Å². The zero-order chi connectivity index (χ0) is 57.6. The highest BCUT2D eigenvalue weighted by Gasteiger charge is 2.40. The molecular formula is C49H78F3N13O11. The van der Waals surface area contributed by atoms with E-state index in [4.69, 9.17) is 11.5 Å². The average molecular weight is 1080 g/mol. The Morgan fingerprint density at radius 2 is 1.32 bits per heavy atom. The van der Waals surface area contributed by atoms with Gasteiger partial charge in [0.05, 0.1) is 19.2 Å². The lowest BCUT2D eigenvalue weighted by atomic mass is 9.96. The maximum atomic E-state index is 14.4. The molecule has 2 rings (SSSR count). The van der Waals surface area contributed by atoms with Gasteiger partial charge in [0.25, 0.3) is 0 Å². The predicted molar refractivity (Wildman–Crippen MR) is 272 cm³/mol. The molecule has 13 N–H and O–H groups in total. The first kappa shape index (κ1) is 65.1. The Morgan fingerprint density at radius 3 is 1.87 bits per heavy atom. The molecule has 0 bridgehead atoms. The van der Waals surface area contributed by atoms with Gasteiger partial charge >= 0.3 is 0 Å². The number of nitrogens with two attached hydrogens (primary N) is 2. The number of carbonyl (C=O) groups excluding carboxylic acids is 10. The van der Waals surface area contributed by atoms with E-state index in [0.29, 0.717) is 37.9 Å². The minimum absolute atomic E-state index is 0.0310. The maximum absolute atomic E-state index is 14.4. The Labute approximate surface area is 441 Å². The van der Waals surface area contributed by atoms with Crippen molar-refractivity contribution in [2.45, 2.75) is 155 Å². The number of nitrogens with one attached hydrogen (secondary N) is 8. The summed E-state index contributed by atoms with van der Waals surface area (Å²) in [5, 5.41) is 31.0. The summed E-state index contributed by atoms with van der Waals surface area (Å²) >= 11 is 0. The molecular weight excluding hydrogens is 1000 g/mol. The van der Waals surface area contributed by atoms with Crippen molar-refractivity contribution in [2.75, 3.05) is 39.8 Å². The van der Waals surface area contributed by atoms with Crippen LogP contribution < -0.4 is 54.0 Å². The number of aliphatic imine (C=N–C) groups is 1. The number of rotatable bonds is 30. The van der Waals surface area contributed by atoms with Gasteiger partial charge in [-0.1, -0.05) is 47.5 Å². The number of amides is 10. The molecule has 0 radical (unpaired) electrons. The van der Waals surface area contributed by atoms with E-state index in [1.165, 1.54) is 32.7 Å². The Morgan fingerprint density at radius 1 is 0.750 bits per heavy atom. The normalized spacial score (nSPS) is 16.2. The van der Waals surface area contributed by atoms with Gasteiger partial charge in [0.2, 0.25) is 59.1 Å². The number of benzene rings is 1. The van der Waals surface area contributed by atoms with E-state index in [2.05, 4.69) is 47.5 Å². The first-order valence-electron chi connectivity index (χ1n) is 25.4. The number of hydrogen-bond acceptors (Lipinski definition) is 12. The van der Waals surface area contributed by atoms with Crippen molar-refractivity contribution in [3.8, 4) is 0 Å². The number of aliphatic hydroxyl groups excluding tert-OH is 1. The third-order valence-corrected chi connectivity index (χ3v) is 12.6. The van der Waals surface area contributed by atoms with Crippen LogP contribution in [0.5, 0.6) is 0 Å². The van der Waals surface area contributed by atoms with Crippen LogP contribution >= 0.6 is 0 Å². The molecule has 0 aliphatic carbocycles. The molecule has 0 aromatic heterocycles. The van der Waals surface area contributed by atoms with Crippen molar-refractivity contribution in [1.82, 2.24) is 52.3 Å². The van der Waals surface area contributed by atoms with Gasteiger partial charge in [-0.25, -0.2) is 13.2 Å². The van der Waals surface area contributed by atoms with Gasteiger partial charge in [0.1, 0.15) is 42.3 Å². The molecule has 1 heterocycles. The lowest BCUT2D eigenvalue weighted by Crippen LogP contribution is -2.62. The molecule has 10 amide bonds. The van der Waals surface area contributed by atoms with Crippen LogP contribution in [-0.2, 0) is 54.4 Å². The maximum Gasteiger partial charge on any atom is 0.245 e. The monoisotopic (exact) mass is 1080 g/mol. The second kappa shape index (κ2) is 31.7. The summed E-state index contributed by atoms with van der Waals surface area (Å²) < 4.78 is 42.9. The molecule has 1 aliphatic heterocycles. The molecule has 1 aromatic rings. The van der Waals surface area contributed by atoms with Crippen LogP contribution in [0, 0.1) is 29.3 Å². The van der Waals surface area contributed by atoms with Crippen molar-refractivity contribution in [2.24, 2.45) is 28.3 Å². The predicted octanol–water partition coefficient (Wildman–Crippen LogP) is -1.79. The largest absolute Gasteiger partial charge is 0.391 e. The first-order chi connectivity index (χ1) is 35.7. The molecule has 0 saturated carbocycles. The van der Waals surface area contributed by atoms with Crippen molar-refractivity contribution in [3.05, 3.63) is 35.1 Å². The van der Waals surface area contributed by atoms with Crippen LogP contribution in [0.1, 0.15) is 106 Å². The van der Waals surface area contributed by atoms with Crippen molar-refractivity contribution >= 4 is 65.0 Å². The van der Waals surface area contributed by atoms with E-state index in [1.54, 1.807) is 27.7 Å². The van der Waals surface area contributed by atoms with E-state index in [0.717, 1.165) is 11.8 Å². The zero-order valence-electron chi connectivity index (χ0n) is 44.8. The summed E-state index contributed by atoms with van der Waals surface area (Å²) in [6.45, 7) is 12.0. The topological polar surface area (TPSA) is 358 Å². The van der Waals surface area contributed by atoms with Gasteiger partial charge in [-0.05, 0) is 75.5 Å². The molecule has 27 heteroatoms. The van der Waals surface area contributed by atoms with E-state index < -0.39 is 144 Å². The summed E-state index contributed by atoms with van der Waals surface area (Å²) in [4.78, 5) is 140. The molecule has 1 saturated heterocycles. The van der Waals surface area contributed by atoms with Gasteiger partial charge in [-0.2, -0.15) is 0 Å². The molecule has 9 atom stereocenters. The molecule has 1 aromatic carbocycles. The second-order valence-electron chi connectivity index (χ2n) is 19.1. The Kier molecular flexibility index (Phi) is 27.2. The first-order valence-corrected chi connectivity index (χ1v) is 25.4. The van der Waals surface area contributed by atoms with E-state index >= 15 is 0 Å². The minimum Gasteiger partial charge on any atom is -0.391 e. The fraction of sp³-hybridized carbons (Fsp3) is 0.653. The quantitative estimate of drug-likeness (QED) is 0.0176. The number of nitrogens with zero attached hydrogens (tertiary/aromatic N) is 3.